The number of fused-ring (bicyclic) bond motifs is 1. The first kappa shape index (κ1) is 12.2. The number of carbonyl (C=O) groups excluding carboxylic acids is 1. The van der Waals surface area contributed by atoms with Crippen molar-refractivity contribution in [1.82, 2.24) is 0 Å². The number of ether oxygens (including phenoxy) is 1. The minimum Gasteiger partial charge on any atom is -0.460 e. The number of hydrogen-bond donors (Lipinski definition) is 1. The first-order chi connectivity index (χ1) is 8.52. The lowest BCUT2D eigenvalue weighted by molar-refractivity contribution is 0.0491. The quantitative estimate of drug-likeness (QED) is 0.647. The van der Waals surface area contributed by atoms with Crippen molar-refractivity contribution < 1.29 is 13.9 Å². The van der Waals surface area contributed by atoms with Gasteiger partial charge in [-0.05, 0) is 31.5 Å². The standard InChI is InChI=1S/C13H13NO4/c1-3-17-13(16)11-6-10(15)8-4-7(2)5-9(14)12(8)18-11/h4-6H,3,14H2,1-2H3. The van der Waals surface area contributed by atoms with Crippen molar-refractivity contribution in [1.29, 1.82) is 0 Å². The average molecular weight is 247 g/mol. The summed E-state index contributed by atoms with van der Waals surface area (Å²) in [5.41, 5.74) is 6.88. The Hall–Kier alpha value is -2.30. The molecule has 1 heterocycles. The van der Waals surface area contributed by atoms with E-state index >= 15 is 0 Å². The van der Waals surface area contributed by atoms with Gasteiger partial charge in [-0.1, -0.05) is 0 Å². The zero-order valence-corrected chi connectivity index (χ0v) is 10.1. The van der Waals surface area contributed by atoms with Gasteiger partial charge in [0.2, 0.25) is 5.76 Å². The molecule has 0 spiro atoms. The number of rotatable bonds is 2. The van der Waals surface area contributed by atoms with E-state index in [0.717, 1.165) is 11.6 Å². The molecule has 1 aromatic heterocycles. The first-order valence-electron chi connectivity index (χ1n) is 5.54. The van der Waals surface area contributed by atoms with Crippen LogP contribution in [-0.4, -0.2) is 12.6 Å². The second kappa shape index (κ2) is 4.52. The molecule has 5 heteroatoms. The molecule has 1 aromatic carbocycles. The second-order valence-electron chi connectivity index (χ2n) is 3.93. The summed E-state index contributed by atoms with van der Waals surface area (Å²) in [6.45, 7) is 3.72. The van der Waals surface area contributed by atoms with Gasteiger partial charge in [0.05, 0.1) is 17.7 Å². The summed E-state index contributed by atoms with van der Waals surface area (Å²) in [4.78, 5) is 23.4. The molecule has 0 saturated heterocycles. The Kier molecular flexibility index (Phi) is 3.06. The van der Waals surface area contributed by atoms with Gasteiger partial charge < -0.3 is 14.9 Å². The summed E-state index contributed by atoms with van der Waals surface area (Å²) in [5, 5.41) is 0.362. The lowest BCUT2D eigenvalue weighted by Gasteiger charge is -2.05. The highest BCUT2D eigenvalue weighted by molar-refractivity contribution is 5.92. The Morgan fingerprint density at radius 3 is 2.78 bits per heavy atom. The molecule has 0 aliphatic carbocycles. The van der Waals surface area contributed by atoms with Crippen molar-refractivity contribution in [2.45, 2.75) is 13.8 Å². The SMILES string of the molecule is CCOC(=O)c1cc(=O)c2cc(C)cc(N)c2o1. The highest BCUT2D eigenvalue weighted by atomic mass is 16.5. The van der Waals surface area contributed by atoms with Crippen LogP contribution in [-0.2, 0) is 4.74 Å². The molecule has 0 radical (unpaired) electrons. The van der Waals surface area contributed by atoms with Crippen LogP contribution >= 0.6 is 0 Å². The maximum Gasteiger partial charge on any atom is 0.374 e. The van der Waals surface area contributed by atoms with E-state index in [4.69, 9.17) is 14.9 Å². The van der Waals surface area contributed by atoms with Gasteiger partial charge in [-0.2, -0.15) is 0 Å². The maximum atomic E-state index is 11.9. The molecule has 0 fully saturated rings. The van der Waals surface area contributed by atoms with E-state index in [1.54, 1.807) is 19.1 Å². The van der Waals surface area contributed by atoms with Crippen molar-refractivity contribution >= 4 is 22.6 Å². The molecule has 2 N–H and O–H groups in total. The van der Waals surface area contributed by atoms with Gasteiger partial charge in [0.15, 0.2) is 11.0 Å². The third-order valence-corrected chi connectivity index (χ3v) is 2.48. The van der Waals surface area contributed by atoms with Gasteiger partial charge in [-0.15, -0.1) is 0 Å². The number of benzene rings is 1. The van der Waals surface area contributed by atoms with Crippen LogP contribution in [0.15, 0.2) is 27.4 Å². The van der Waals surface area contributed by atoms with Crippen molar-refractivity contribution in [2.24, 2.45) is 0 Å². The van der Waals surface area contributed by atoms with Crippen molar-refractivity contribution in [2.75, 3.05) is 12.3 Å². The zero-order valence-electron chi connectivity index (χ0n) is 10.1. The summed E-state index contributed by atoms with van der Waals surface area (Å²) < 4.78 is 10.1. The van der Waals surface area contributed by atoms with Crippen LogP contribution in [0.1, 0.15) is 23.0 Å². The summed E-state index contributed by atoms with van der Waals surface area (Å²) >= 11 is 0. The van der Waals surface area contributed by atoms with Crippen molar-refractivity contribution in [3.63, 3.8) is 0 Å². The van der Waals surface area contributed by atoms with E-state index in [-0.39, 0.29) is 23.4 Å². The number of aryl methyl sites for hydroxylation is 1. The Balaban J connectivity index is 2.69. The number of esters is 1. The van der Waals surface area contributed by atoms with Crippen LogP contribution < -0.4 is 11.2 Å². The lowest BCUT2D eigenvalue weighted by Crippen LogP contribution is -2.10. The summed E-state index contributed by atoms with van der Waals surface area (Å²) in [5.74, 6) is -0.804. The van der Waals surface area contributed by atoms with Gasteiger partial charge in [0, 0.05) is 6.07 Å². The minimum atomic E-state index is -0.670. The molecule has 0 saturated carbocycles. The second-order valence-corrected chi connectivity index (χ2v) is 3.93. The Bertz CT molecular complexity index is 672. The molecule has 0 atom stereocenters. The summed E-state index contributed by atoms with van der Waals surface area (Å²) in [6.07, 6.45) is 0. The van der Waals surface area contributed by atoms with Gasteiger partial charge >= 0.3 is 5.97 Å². The highest BCUT2D eigenvalue weighted by Crippen LogP contribution is 2.21. The number of nitrogen functional groups attached to an aromatic ring is 1. The number of hydrogen-bond acceptors (Lipinski definition) is 5. The molecular weight excluding hydrogens is 234 g/mol. The fourth-order valence-corrected chi connectivity index (χ4v) is 1.74. The van der Waals surface area contributed by atoms with Crippen LogP contribution in [0.25, 0.3) is 11.0 Å². The van der Waals surface area contributed by atoms with Gasteiger partial charge in [0.1, 0.15) is 0 Å². The number of nitrogens with two attached hydrogens (primary N) is 1. The third-order valence-electron chi connectivity index (χ3n) is 2.48. The monoisotopic (exact) mass is 247 g/mol. The van der Waals surface area contributed by atoms with E-state index in [0.29, 0.717) is 11.1 Å². The predicted molar refractivity (Wildman–Crippen MR) is 67.6 cm³/mol. The van der Waals surface area contributed by atoms with E-state index < -0.39 is 5.97 Å². The van der Waals surface area contributed by atoms with Crippen LogP contribution in [0.4, 0.5) is 5.69 Å². The fraction of sp³-hybridized carbons (Fsp3) is 0.231. The minimum absolute atomic E-state index is 0.134. The normalized spacial score (nSPS) is 10.6. The highest BCUT2D eigenvalue weighted by Gasteiger charge is 2.14. The average Bonchev–Trinajstić information content (AvgIpc) is 2.30. The molecule has 0 aliphatic rings. The molecule has 5 nitrogen and oxygen atoms in total. The molecule has 2 rings (SSSR count). The van der Waals surface area contributed by atoms with Crippen molar-refractivity contribution in [3.05, 3.63) is 39.7 Å². The topological polar surface area (TPSA) is 82.5 Å². The van der Waals surface area contributed by atoms with Crippen LogP contribution in [0, 0.1) is 6.92 Å². The lowest BCUT2D eigenvalue weighted by atomic mass is 10.1. The molecule has 94 valence electrons. The van der Waals surface area contributed by atoms with Crippen molar-refractivity contribution in [3.8, 4) is 0 Å². The molecule has 18 heavy (non-hydrogen) atoms. The van der Waals surface area contributed by atoms with Crippen LogP contribution in [0.3, 0.4) is 0 Å². The van der Waals surface area contributed by atoms with E-state index in [2.05, 4.69) is 0 Å². The van der Waals surface area contributed by atoms with Crippen LogP contribution in [0.5, 0.6) is 0 Å². The smallest absolute Gasteiger partial charge is 0.374 e. The van der Waals surface area contributed by atoms with E-state index in [1.165, 1.54) is 0 Å². The number of carbonyl (C=O) groups is 1. The molecular formula is C13H13NO4. The third kappa shape index (κ3) is 2.07. The predicted octanol–water partition coefficient (Wildman–Crippen LogP) is 1.86. The Labute approximate surface area is 103 Å². The summed E-state index contributed by atoms with van der Waals surface area (Å²) in [6, 6.07) is 4.48. The van der Waals surface area contributed by atoms with Gasteiger partial charge in [0.25, 0.3) is 0 Å². The number of anilines is 1. The molecule has 0 aliphatic heterocycles. The molecule has 0 unspecified atom stereocenters. The summed E-state index contributed by atoms with van der Waals surface area (Å²) in [7, 11) is 0. The van der Waals surface area contributed by atoms with Gasteiger partial charge in [-0.25, -0.2) is 4.79 Å². The Morgan fingerprint density at radius 2 is 2.11 bits per heavy atom. The van der Waals surface area contributed by atoms with Crippen LogP contribution in [0.2, 0.25) is 0 Å². The fourth-order valence-electron chi connectivity index (χ4n) is 1.74. The molecule has 0 bridgehead atoms. The molecule has 2 aromatic rings. The van der Waals surface area contributed by atoms with E-state index in [1.807, 2.05) is 6.92 Å². The largest absolute Gasteiger partial charge is 0.460 e. The first-order valence-corrected chi connectivity index (χ1v) is 5.54. The zero-order chi connectivity index (χ0) is 13.3. The van der Waals surface area contributed by atoms with Gasteiger partial charge in [-0.3, -0.25) is 4.79 Å². The maximum absolute atomic E-state index is 11.9. The Morgan fingerprint density at radius 1 is 1.39 bits per heavy atom. The van der Waals surface area contributed by atoms with E-state index in [9.17, 15) is 9.59 Å². The molecule has 0 amide bonds.